The number of nitrogens with zero attached hydrogens (tertiary/aromatic N) is 5. The van der Waals surface area contributed by atoms with Gasteiger partial charge in [-0.3, -0.25) is 15.1 Å². The normalized spacial score (nSPS) is 14.8. The molecule has 0 aliphatic carbocycles. The van der Waals surface area contributed by atoms with Crippen LogP contribution in [0, 0.1) is 5.41 Å². The van der Waals surface area contributed by atoms with Gasteiger partial charge < -0.3 is 50.4 Å². The molecule has 0 spiro atoms. The third-order valence-electron chi connectivity index (χ3n) is 9.25. The number of hydrogen-bond donors (Lipinski definition) is 5. The zero-order valence-electron chi connectivity index (χ0n) is 30.1. The third kappa shape index (κ3) is 10.9. The van der Waals surface area contributed by atoms with Crippen LogP contribution in [-0.2, 0) is 43.3 Å². The molecule has 1 fully saturated rings. The number of carbonyl (C=O) groups excluding carboxylic acids is 1. The molecule has 4 aromatic rings. The Hall–Kier alpha value is -4.71. The number of fused-ring (bicyclic) bond motifs is 2. The van der Waals surface area contributed by atoms with E-state index in [9.17, 15) is 4.79 Å². The highest BCUT2D eigenvalue weighted by Crippen LogP contribution is 2.26. The molecule has 1 amide bonds. The summed E-state index contributed by atoms with van der Waals surface area (Å²) in [6, 6.07) is 11.5. The molecule has 16 heteroatoms. The fourth-order valence-corrected chi connectivity index (χ4v) is 6.35. The van der Waals surface area contributed by atoms with Crippen LogP contribution in [0.5, 0.6) is 0 Å². The zero-order chi connectivity index (χ0) is 36.8. The van der Waals surface area contributed by atoms with E-state index >= 15 is 0 Å². The second-order valence-electron chi connectivity index (χ2n) is 12.9. The zero-order valence-corrected chi connectivity index (χ0v) is 30.1. The molecule has 4 heterocycles. The van der Waals surface area contributed by atoms with Crippen LogP contribution in [0.1, 0.15) is 34.2 Å². The third-order valence-corrected chi connectivity index (χ3v) is 9.25. The average Bonchev–Trinajstić information content (AvgIpc) is 3.56. The number of hydrogen-bond acceptors (Lipinski definition) is 15. The number of amides is 1. The lowest BCUT2D eigenvalue weighted by Gasteiger charge is -2.29. The molecule has 0 saturated carbocycles. The van der Waals surface area contributed by atoms with Gasteiger partial charge in [0.2, 0.25) is 5.91 Å². The van der Waals surface area contributed by atoms with Crippen LogP contribution in [0.25, 0.3) is 11.1 Å². The maximum absolute atomic E-state index is 12.9. The van der Waals surface area contributed by atoms with Crippen LogP contribution in [0.2, 0.25) is 0 Å². The minimum Gasteiger partial charge on any atom is -0.424 e. The van der Waals surface area contributed by atoms with Gasteiger partial charge in [-0.15, -0.1) is 0 Å². The SMILES string of the molecule is N=C(c1ccc2oc(N)nc2c1)c1c(N)ncnc1NCc1ccc2c(c1)CCN(C(=O)CCOCCOCCOCCOCCN1CCNCC1)C2. The van der Waals surface area contributed by atoms with Crippen molar-refractivity contribution in [3.05, 3.63) is 70.5 Å². The summed E-state index contributed by atoms with van der Waals surface area (Å²) in [6.45, 7) is 11.0. The number of piperazine rings is 1. The van der Waals surface area contributed by atoms with Crippen molar-refractivity contribution >= 4 is 40.4 Å². The van der Waals surface area contributed by atoms with E-state index < -0.39 is 0 Å². The first-order valence-corrected chi connectivity index (χ1v) is 18.2. The lowest BCUT2D eigenvalue weighted by molar-refractivity contribution is -0.133. The van der Waals surface area contributed by atoms with Crippen molar-refractivity contribution < 1.29 is 28.2 Å². The van der Waals surface area contributed by atoms with Gasteiger partial charge in [0, 0.05) is 57.9 Å². The minimum absolute atomic E-state index is 0.0626. The molecular formula is C37H50N10O6. The van der Waals surface area contributed by atoms with Crippen molar-refractivity contribution in [3.8, 4) is 0 Å². The van der Waals surface area contributed by atoms with Gasteiger partial charge in [-0.1, -0.05) is 18.2 Å². The standard InChI is InChI=1S/C37H50N10O6/c38-34(28-3-4-31-30(22-28)45-37(40)53-31)33-35(39)43-25-44-36(33)42-23-26-1-2-29-24-47(9-5-27(29)21-26)32(48)6-13-49-15-17-51-19-20-52-18-16-50-14-12-46-10-7-41-8-11-46/h1-4,21-22,25,38,41H,5-20,23-24H2,(H2,40,45)(H3,39,42,43,44). The topological polar surface area (TPSA) is 212 Å². The Morgan fingerprint density at radius 2 is 1.62 bits per heavy atom. The number of ether oxygens (including phenoxy) is 4. The molecule has 0 radical (unpaired) electrons. The van der Waals surface area contributed by atoms with Crippen LogP contribution in [0.3, 0.4) is 0 Å². The van der Waals surface area contributed by atoms with Crippen molar-refractivity contribution in [1.82, 2.24) is 30.1 Å². The van der Waals surface area contributed by atoms with Crippen LogP contribution in [0.4, 0.5) is 17.7 Å². The second kappa shape index (κ2) is 19.4. The van der Waals surface area contributed by atoms with E-state index in [0.29, 0.717) is 100 Å². The minimum atomic E-state index is 0.0626. The molecule has 2 aliphatic rings. The molecule has 1 saturated heterocycles. The van der Waals surface area contributed by atoms with Crippen LogP contribution in [-0.4, -0.2) is 128 Å². The molecule has 0 bridgehead atoms. The molecule has 16 nitrogen and oxygen atoms in total. The lowest BCUT2D eigenvalue weighted by atomic mass is 9.97. The van der Waals surface area contributed by atoms with E-state index in [-0.39, 0.29) is 23.5 Å². The van der Waals surface area contributed by atoms with Crippen molar-refractivity contribution in [3.63, 3.8) is 0 Å². The first kappa shape index (κ1) is 38.0. The van der Waals surface area contributed by atoms with Gasteiger partial charge in [0.1, 0.15) is 23.5 Å². The first-order valence-electron chi connectivity index (χ1n) is 18.2. The molecule has 284 valence electrons. The van der Waals surface area contributed by atoms with E-state index in [1.54, 1.807) is 18.2 Å². The molecule has 6 rings (SSSR count). The van der Waals surface area contributed by atoms with E-state index in [1.165, 1.54) is 11.9 Å². The number of carbonyl (C=O) groups is 1. The predicted molar refractivity (Wildman–Crippen MR) is 201 cm³/mol. The summed E-state index contributed by atoms with van der Waals surface area (Å²) >= 11 is 0. The van der Waals surface area contributed by atoms with Crippen molar-refractivity contribution in [2.24, 2.45) is 0 Å². The Labute approximate surface area is 309 Å². The van der Waals surface area contributed by atoms with Crippen LogP contribution >= 0.6 is 0 Å². The van der Waals surface area contributed by atoms with Gasteiger partial charge in [0.25, 0.3) is 6.01 Å². The summed E-state index contributed by atoms with van der Waals surface area (Å²) < 4.78 is 27.8. The highest BCUT2D eigenvalue weighted by molar-refractivity contribution is 6.17. The van der Waals surface area contributed by atoms with Crippen molar-refractivity contribution in [2.45, 2.75) is 25.9 Å². The Bertz CT molecular complexity index is 1810. The van der Waals surface area contributed by atoms with Gasteiger partial charge in [-0.25, -0.2) is 9.97 Å². The number of nitrogens with one attached hydrogen (secondary N) is 3. The van der Waals surface area contributed by atoms with E-state index in [1.807, 2.05) is 11.0 Å². The molecule has 2 aliphatic heterocycles. The summed E-state index contributed by atoms with van der Waals surface area (Å²) in [5.74, 6) is 0.720. The van der Waals surface area contributed by atoms with E-state index in [2.05, 4.69) is 42.6 Å². The molecular weight excluding hydrogens is 680 g/mol. The fraction of sp³-hybridized carbons (Fsp3) is 0.486. The van der Waals surface area contributed by atoms with E-state index in [4.69, 9.17) is 40.2 Å². The molecule has 2 aromatic carbocycles. The molecule has 0 atom stereocenters. The first-order chi connectivity index (χ1) is 25.9. The maximum atomic E-state index is 12.9. The van der Waals surface area contributed by atoms with Gasteiger partial charge >= 0.3 is 0 Å². The van der Waals surface area contributed by atoms with Gasteiger partial charge in [-0.2, -0.15) is 4.98 Å². The second-order valence-corrected chi connectivity index (χ2v) is 12.9. The number of rotatable bonds is 20. The monoisotopic (exact) mass is 730 g/mol. The molecule has 2 aromatic heterocycles. The van der Waals surface area contributed by atoms with E-state index in [0.717, 1.165) is 56.9 Å². The Morgan fingerprint density at radius 1 is 0.887 bits per heavy atom. The van der Waals surface area contributed by atoms with Gasteiger partial charge in [0.05, 0.1) is 70.6 Å². The number of anilines is 3. The van der Waals surface area contributed by atoms with Gasteiger partial charge in [-0.05, 0) is 41.3 Å². The summed E-state index contributed by atoms with van der Waals surface area (Å²) in [5.41, 5.74) is 17.5. The highest BCUT2D eigenvalue weighted by atomic mass is 16.6. The molecule has 53 heavy (non-hydrogen) atoms. The fourth-order valence-electron chi connectivity index (χ4n) is 6.35. The van der Waals surface area contributed by atoms with Gasteiger partial charge in [0.15, 0.2) is 5.58 Å². The number of aromatic nitrogens is 3. The maximum Gasteiger partial charge on any atom is 0.292 e. The predicted octanol–water partition coefficient (Wildman–Crippen LogP) is 2.06. The number of benzene rings is 2. The summed E-state index contributed by atoms with van der Waals surface area (Å²) in [7, 11) is 0. The number of nitrogens with two attached hydrogens (primary N) is 2. The number of oxazole rings is 1. The van der Waals surface area contributed by atoms with Crippen LogP contribution in [0.15, 0.2) is 47.1 Å². The summed E-state index contributed by atoms with van der Waals surface area (Å²) in [4.78, 5) is 29.9. The smallest absolute Gasteiger partial charge is 0.292 e. The Morgan fingerprint density at radius 3 is 2.40 bits per heavy atom. The Kier molecular flexibility index (Phi) is 13.9. The quantitative estimate of drug-likeness (QED) is 0.0651. The highest BCUT2D eigenvalue weighted by Gasteiger charge is 2.22. The lowest BCUT2D eigenvalue weighted by Crippen LogP contribution is -2.44. The molecule has 7 N–H and O–H groups in total. The van der Waals surface area contributed by atoms with Crippen LogP contribution < -0.4 is 22.1 Å². The summed E-state index contributed by atoms with van der Waals surface area (Å²) in [6.07, 6.45) is 2.47. The largest absolute Gasteiger partial charge is 0.424 e. The Balaban J connectivity index is 0.854. The summed E-state index contributed by atoms with van der Waals surface area (Å²) in [5, 5.41) is 15.6. The van der Waals surface area contributed by atoms with Crippen molar-refractivity contribution in [1.29, 1.82) is 5.41 Å². The number of nitrogen functional groups attached to an aromatic ring is 2. The molecule has 0 unspecified atom stereocenters. The average molecular weight is 731 g/mol. The van der Waals surface area contributed by atoms with Crippen molar-refractivity contribution in [2.75, 3.05) is 109 Å².